The lowest BCUT2D eigenvalue weighted by atomic mass is 9.68. The van der Waals surface area contributed by atoms with Gasteiger partial charge in [0.15, 0.2) is 11.5 Å². The van der Waals surface area contributed by atoms with Crippen LogP contribution in [0.5, 0.6) is 17.2 Å². The fourth-order valence-corrected chi connectivity index (χ4v) is 6.10. The molecule has 0 saturated carbocycles. The van der Waals surface area contributed by atoms with Crippen molar-refractivity contribution in [3.8, 4) is 17.2 Å². The van der Waals surface area contributed by atoms with Crippen molar-refractivity contribution in [1.82, 2.24) is 10.2 Å². The van der Waals surface area contributed by atoms with Crippen LogP contribution in [0.25, 0.3) is 0 Å². The molecule has 0 aromatic heterocycles. The van der Waals surface area contributed by atoms with Crippen LogP contribution in [0.1, 0.15) is 54.6 Å². The number of rotatable bonds is 7. The Morgan fingerprint density at radius 2 is 1.72 bits per heavy atom. The molecule has 1 saturated heterocycles. The van der Waals surface area contributed by atoms with Crippen LogP contribution in [0.3, 0.4) is 0 Å². The highest BCUT2D eigenvalue weighted by Crippen LogP contribution is 2.44. The molecule has 1 fully saturated rings. The number of carbonyl (C=O) groups is 2. The van der Waals surface area contributed by atoms with E-state index in [-0.39, 0.29) is 42.9 Å². The number of fused-ring (bicyclic) bond motifs is 1. The van der Waals surface area contributed by atoms with Gasteiger partial charge in [-0.05, 0) is 59.7 Å². The van der Waals surface area contributed by atoms with Crippen LogP contribution >= 0.6 is 0 Å². The smallest absolute Gasteiger partial charge is 0.407 e. The van der Waals surface area contributed by atoms with Crippen LogP contribution < -0.4 is 19.5 Å². The molecule has 11 heteroatoms. The van der Waals surface area contributed by atoms with E-state index in [1.54, 1.807) is 24.3 Å². The highest BCUT2D eigenvalue weighted by Gasteiger charge is 2.47. The van der Waals surface area contributed by atoms with E-state index in [9.17, 15) is 27.9 Å². The van der Waals surface area contributed by atoms with Crippen LogP contribution in [-0.4, -0.2) is 48.0 Å². The van der Waals surface area contributed by atoms with Gasteiger partial charge in [0.05, 0.1) is 12.2 Å². The summed E-state index contributed by atoms with van der Waals surface area (Å²) in [6.07, 6.45) is -0.646. The van der Waals surface area contributed by atoms with E-state index in [1.807, 2.05) is 20.8 Å². The number of nitrogens with zero attached hydrogens (tertiary/aromatic N) is 1. The van der Waals surface area contributed by atoms with Crippen molar-refractivity contribution in [3.05, 3.63) is 88.7 Å². The van der Waals surface area contributed by atoms with E-state index in [1.165, 1.54) is 23.1 Å². The Labute approximate surface area is 247 Å². The highest BCUT2D eigenvalue weighted by atomic mass is 19.1. The number of amides is 2. The Hall–Kier alpha value is -4.41. The molecule has 228 valence electrons. The van der Waals surface area contributed by atoms with Gasteiger partial charge in [0.1, 0.15) is 23.2 Å². The molecule has 2 heterocycles. The van der Waals surface area contributed by atoms with Crippen LogP contribution in [-0.2, 0) is 6.54 Å². The highest BCUT2D eigenvalue weighted by molar-refractivity contribution is 5.94. The largest absolute Gasteiger partial charge is 0.493 e. The summed E-state index contributed by atoms with van der Waals surface area (Å²) >= 11 is 0. The lowest BCUT2D eigenvalue weighted by Crippen LogP contribution is -2.57. The van der Waals surface area contributed by atoms with Gasteiger partial charge in [0, 0.05) is 36.7 Å². The lowest BCUT2D eigenvalue weighted by molar-refractivity contribution is -0.00444. The van der Waals surface area contributed by atoms with E-state index in [0.29, 0.717) is 29.2 Å². The van der Waals surface area contributed by atoms with Gasteiger partial charge in [-0.1, -0.05) is 32.9 Å². The topological polar surface area (TPSA) is 97.3 Å². The van der Waals surface area contributed by atoms with Gasteiger partial charge in [-0.25, -0.2) is 18.0 Å². The van der Waals surface area contributed by atoms with E-state index < -0.39 is 47.5 Å². The number of hydrogen-bond acceptors (Lipinski definition) is 5. The molecule has 3 aromatic carbocycles. The summed E-state index contributed by atoms with van der Waals surface area (Å²) in [6, 6.07) is 12.3. The molecule has 0 bridgehead atoms. The number of hydrogen-bond donors (Lipinski definition) is 2. The van der Waals surface area contributed by atoms with Crippen LogP contribution in [0.2, 0.25) is 0 Å². The molecule has 0 aliphatic carbocycles. The maximum absolute atomic E-state index is 14.9. The number of ether oxygens (including phenoxy) is 3. The van der Waals surface area contributed by atoms with Gasteiger partial charge < -0.3 is 29.5 Å². The van der Waals surface area contributed by atoms with Gasteiger partial charge in [-0.3, -0.25) is 4.79 Å². The molecule has 0 radical (unpaired) electrons. The monoisotopic (exact) mass is 598 g/mol. The Bertz CT molecular complexity index is 1510. The molecule has 2 aliphatic heterocycles. The molecule has 3 aromatic rings. The predicted octanol–water partition coefficient (Wildman–Crippen LogP) is 6.34. The summed E-state index contributed by atoms with van der Waals surface area (Å²) < 4.78 is 60.1. The van der Waals surface area contributed by atoms with Crippen molar-refractivity contribution in [2.24, 2.45) is 11.3 Å². The number of nitrogens with one attached hydrogen (secondary N) is 1. The van der Waals surface area contributed by atoms with Gasteiger partial charge >= 0.3 is 6.09 Å². The third-order valence-corrected chi connectivity index (χ3v) is 8.01. The summed E-state index contributed by atoms with van der Waals surface area (Å²) in [5, 5.41) is 12.5. The zero-order valence-corrected chi connectivity index (χ0v) is 24.0. The molecular formula is C32H33F3N2O6. The average Bonchev–Trinajstić information content (AvgIpc) is 3.43. The normalized spacial score (nSPS) is 19.7. The SMILES string of the molecule is CC(C)(C)C1[C@@H](COc2ccc3c(c2)OCO3)[C@H](c2ccc(F)c(C(=O)NCc3c(F)cccc3F)c2)CCN1C(=O)O. The fraction of sp³-hybridized carbons (Fsp3) is 0.375. The van der Waals surface area contributed by atoms with Crippen LogP contribution in [0.15, 0.2) is 54.6 Å². The molecule has 43 heavy (non-hydrogen) atoms. The number of piperidine rings is 1. The molecule has 1 unspecified atom stereocenters. The Kier molecular flexibility index (Phi) is 8.43. The first kappa shape index (κ1) is 30.1. The molecule has 8 nitrogen and oxygen atoms in total. The quantitative estimate of drug-likeness (QED) is 0.330. The number of halogens is 3. The van der Waals surface area contributed by atoms with Crippen molar-refractivity contribution in [2.75, 3.05) is 19.9 Å². The number of carboxylic acid groups (broad SMARTS) is 1. The molecule has 2 amide bonds. The van der Waals surface area contributed by atoms with Crippen molar-refractivity contribution in [2.45, 2.75) is 45.7 Å². The number of likely N-dealkylation sites (tertiary alicyclic amines) is 1. The Balaban J connectivity index is 1.44. The van der Waals surface area contributed by atoms with Crippen molar-refractivity contribution < 1.29 is 42.1 Å². The first-order valence-corrected chi connectivity index (χ1v) is 14.0. The summed E-state index contributed by atoms with van der Waals surface area (Å²) in [4.78, 5) is 26.8. The van der Waals surface area contributed by atoms with Gasteiger partial charge in [0.25, 0.3) is 5.91 Å². The van der Waals surface area contributed by atoms with E-state index >= 15 is 0 Å². The summed E-state index contributed by atoms with van der Waals surface area (Å²) in [5.41, 5.74) is -0.480. The third kappa shape index (κ3) is 6.35. The van der Waals surface area contributed by atoms with Gasteiger partial charge in [-0.15, -0.1) is 0 Å². The third-order valence-electron chi connectivity index (χ3n) is 8.01. The molecule has 5 rings (SSSR count). The predicted molar refractivity (Wildman–Crippen MR) is 151 cm³/mol. The average molecular weight is 599 g/mol. The van der Waals surface area contributed by atoms with Gasteiger partial charge in [0.2, 0.25) is 6.79 Å². The van der Waals surface area contributed by atoms with E-state index in [0.717, 1.165) is 12.1 Å². The molecule has 0 spiro atoms. The minimum Gasteiger partial charge on any atom is -0.493 e. The zero-order valence-electron chi connectivity index (χ0n) is 24.0. The summed E-state index contributed by atoms with van der Waals surface area (Å²) in [6.45, 7) is 5.86. The Morgan fingerprint density at radius 1 is 1.00 bits per heavy atom. The minimum atomic E-state index is -1.05. The molecular weight excluding hydrogens is 565 g/mol. The van der Waals surface area contributed by atoms with Crippen molar-refractivity contribution in [3.63, 3.8) is 0 Å². The van der Waals surface area contributed by atoms with Crippen molar-refractivity contribution in [1.29, 1.82) is 0 Å². The second-order valence-electron chi connectivity index (χ2n) is 11.8. The zero-order chi connectivity index (χ0) is 30.9. The van der Waals surface area contributed by atoms with Crippen molar-refractivity contribution >= 4 is 12.0 Å². The molecule has 2 aliphatic rings. The Morgan fingerprint density at radius 3 is 2.42 bits per heavy atom. The summed E-state index contributed by atoms with van der Waals surface area (Å²) in [7, 11) is 0. The first-order valence-electron chi connectivity index (χ1n) is 14.0. The second-order valence-corrected chi connectivity index (χ2v) is 11.8. The maximum atomic E-state index is 14.9. The van der Waals surface area contributed by atoms with Gasteiger partial charge in [-0.2, -0.15) is 0 Å². The fourth-order valence-electron chi connectivity index (χ4n) is 6.10. The van der Waals surface area contributed by atoms with E-state index in [2.05, 4.69) is 5.32 Å². The first-order chi connectivity index (χ1) is 20.4. The molecule has 2 N–H and O–H groups in total. The molecule has 3 atom stereocenters. The second kappa shape index (κ2) is 12.1. The van der Waals surface area contributed by atoms with E-state index in [4.69, 9.17) is 14.2 Å². The van der Waals surface area contributed by atoms with Crippen LogP contribution in [0.4, 0.5) is 18.0 Å². The lowest BCUT2D eigenvalue weighted by Gasteiger charge is -2.50. The summed E-state index contributed by atoms with van der Waals surface area (Å²) in [5.74, 6) is -2.29. The maximum Gasteiger partial charge on any atom is 0.407 e. The number of carbonyl (C=O) groups excluding carboxylic acids is 1. The standard InChI is InChI=1S/C32H33F3N2O6/c1-32(2,3)29-23(16-41-19-8-10-27-28(14-19)43-17-42-27)20(11-12-37(29)31(39)40)18-7-9-26(35)21(13-18)30(38)36-15-22-24(33)5-4-6-25(22)34/h4-10,13-14,20,23,29H,11-12,15-17H2,1-3H3,(H,36,38)(H,39,40)/t20-,23-,29?/m0/s1. The van der Waals surface area contributed by atoms with Crippen LogP contribution in [0, 0.1) is 28.8 Å². The number of benzene rings is 3. The minimum absolute atomic E-state index is 0.110.